The lowest BCUT2D eigenvalue weighted by Crippen LogP contribution is -2.35. The number of alkyl halides is 2. The Bertz CT molecular complexity index is 1410. The number of fused-ring (bicyclic) bond motifs is 2. The molecule has 0 amide bonds. The second kappa shape index (κ2) is 7.88. The van der Waals surface area contributed by atoms with Crippen LogP contribution in [0, 0.1) is 0 Å². The fourth-order valence-corrected chi connectivity index (χ4v) is 5.29. The van der Waals surface area contributed by atoms with E-state index in [9.17, 15) is 13.0 Å². The quantitative estimate of drug-likeness (QED) is 0.465. The maximum Gasteiger partial charge on any atom is 0.586 e. The summed E-state index contributed by atoms with van der Waals surface area (Å²) >= 11 is 0. The molecule has 176 valence electrons. The average molecular weight is 486 g/mol. The number of aromatic amines is 1. The van der Waals surface area contributed by atoms with Gasteiger partial charge in [0.15, 0.2) is 11.5 Å². The average Bonchev–Trinajstić information content (AvgIpc) is 3.53. The first-order valence-corrected chi connectivity index (χ1v) is 12.4. The van der Waals surface area contributed by atoms with Crippen molar-refractivity contribution >= 4 is 22.0 Å². The summed E-state index contributed by atoms with van der Waals surface area (Å²) in [6.07, 6.45) is 7.26. The Kier molecular flexibility index (Phi) is 4.92. The molecule has 1 N–H and O–H groups in total. The van der Waals surface area contributed by atoms with Crippen LogP contribution in [0.5, 0.6) is 11.5 Å². The second-order valence-electron chi connectivity index (χ2n) is 8.44. The van der Waals surface area contributed by atoms with E-state index >= 15 is 0 Å². The molecule has 5 heterocycles. The van der Waals surface area contributed by atoms with E-state index in [1.807, 2.05) is 27.4 Å². The van der Waals surface area contributed by atoms with Gasteiger partial charge in [-0.3, -0.25) is 4.68 Å². The Morgan fingerprint density at radius 2 is 1.88 bits per heavy atom. The van der Waals surface area contributed by atoms with Crippen LogP contribution in [0.1, 0.15) is 18.9 Å². The van der Waals surface area contributed by atoms with Crippen molar-refractivity contribution in [3.05, 3.63) is 49.1 Å². The fraction of sp³-hybridized carbons (Fsp3) is 0.304. The third kappa shape index (κ3) is 3.74. The van der Waals surface area contributed by atoms with Crippen molar-refractivity contribution < 1.29 is 22.5 Å². The van der Waals surface area contributed by atoms with Crippen LogP contribution < -0.4 is 9.47 Å². The summed E-state index contributed by atoms with van der Waals surface area (Å²) in [5.74, 6) is 0.0102. The number of halogens is 2. The molecule has 11 heteroatoms. The first-order chi connectivity index (χ1) is 16.4. The lowest BCUT2D eigenvalue weighted by Gasteiger charge is -2.29. The highest BCUT2D eigenvalue weighted by Crippen LogP contribution is 2.44. The van der Waals surface area contributed by atoms with Crippen molar-refractivity contribution in [1.82, 2.24) is 24.1 Å². The zero-order valence-corrected chi connectivity index (χ0v) is 19.0. The molecule has 2 aliphatic rings. The summed E-state index contributed by atoms with van der Waals surface area (Å²) in [6, 6.07) is 7.01. The number of ether oxygens (including phenoxy) is 2. The number of nitrogens with zero attached hydrogens (tertiary/aromatic N) is 4. The molecular weight excluding hydrogens is 464 g/mol. The summed E-state index contributed by atoms with van der Waals surface area (Å²) in [7, 11) is -0.939. The highest BCUT2D eigenvalue weighted by Gasteiger charge is 2.43. The van der Waals surface area contributed by atoms with E-state index in [2.05, 4.69) is 24.5 Å². The molecule has 3 aromatic heterocycles. The number of hydrogen-bond acceptors (Lipinski definition) is 5. The predicted octanol–water partition coefficient (Wildman–Crippen LogP) is 4.35. The molecule has 8 nitrogen and oxygen atoms in total. The highest BCUT2D eigenvalue weighted by molar-refractivity contribution is 7.81. The van der Waals surface area contributed by atoms with Gasteiger partial charge in [-0.2, -0.15) is 5.10 Å². The van der Waals surface area contributed by atoms with E-state index in [1.165, 1.54) is 6.07 Å². The summed E-state index contributed by atoms with van der Waals surface area (Å²) in [6.45, 7) is 1.56. The van der Waals surface area contributed by atoms with Crippen LogP contribution in [-0.4, -0.2) is 53.9 Å². The minimum atomic E-state index is -3.65. The number of piperidine rings is 1. The van der Waals surface area contributed by atoms with Crippen molar-refractivity contribution in [3.8, 4) is 33.8 Å². The van der Waals surface area contributed by atoms with Crippen LogP contribution in [-0.2, 0) is 11.0 Å². The third-order valence-electron chi connectivity index (χ3n) is 6.34. The van der Waals surface area contributed by atoms with Gasteiger partial charge in [0.2, 0.25) is 0 Å². The smallest absolute Gasteiger partial charge is 0.395 e. The molecule has 0 aliphatic carbocycles. The maximum absolute atomic E-state index is 13.4. The summed E-state index contributed by atoms with van der Waals surface area (Å²) in [5, 5.41) is 5.43. The van der Waals surface area contributed by atoms with Crippen molar-refractivity contribution in [3.63, 3.8) is 0 Å². The van der Waals surface area contributed by atoms with Crippen molar-refractivity contribution in [1.29, 1.82) is 0 Å². The van der Waals surface area contributed by atoms with Crippen LogP contribution >= 0.6 is 0 Å². The van der Waals surface area contributed by atoms with Gasteiger partial charge in [0.1, 0.15) is 5.65 Å². The van der Waals surface area contributed by atoms with Crippen LogP contribution in [0.2, 0.25) is 0 Å². The second-order valence-corrected chi connectivity index (χ2v) is 9.81. The van der Waals surface area contributed by atoms with E-state index in [0.717, 1.165) is 48.0 Å². The van der Waals surface area contributed by atoms with Crippen molar-refractivity contribution in [2.45, 2.75) is 25.2 Å². The van der Waals surface area contributed by atoms with Gasteiger partial charge in [0, 0.05) is 60.0 Å². The normalized spacial score (nSPS) is 19.0. The summed E-state index contributed by atoms with van der Waals surface area (Å²) in [4.78, 5) is 7.68. The summed E-state index contributed by atoms with van der Waals surface area (Å²) < 4.78 is 51.6. The first-order valence-electron chi connectivity index (χ1n) is 10.9. The van der Waals surface area contributed by atoms with Gasteiger partial charge in [-0.1, -0.05) is 6.07 Å². The molecule has 1 unspecified atom stereocenters. The third-order valence-corrected chi connectivity index (χ3v) is 7.43. The van der Waals surface area contributed by atoms with Gasteiger partial charge in [0.05, 0.1) is 23.2 Å². The number of pyridine rings is 1. The van der Waals surface area contributed by atoms with Gasteiger partial charge in [-0.05, 0) is 36.6 Å². The zero-order chi connectivity index (χ0) is 23.4. The van der Waals surface area contributed by atoms with Crippen molar-refractivity contribution in [2.75, 3.05) is 19.3 Å². The number of H-pyrrole nitrogens is 1. The van der Waals surface area contributed by atoms with Crippen LogP contribution in [0.25, 0.3) is 33.3 Å². The monoisotopic (exact) mass is 485 g/mol. The molecule has 0 saturated carbocycles. The minimum Gasteiger partial charge on any atom is -0.395 e. The van der Waals surface area contributed by atoms with Crippen molar-refractivity contribution in [2.24, 2.45) is 0 Å². The number of rotatable bonds is 4. The molecule has 2 aliphatic heterocycles. The van der Waals surface area contributed by atoms with E-state index in [4.69, 9.17) is 0 Å². The van der Waals surface area contributed by atoms with Gasteiger partial charge >= 0.3 is 6.29 Å². The fourth-order valence-electron chi connectivity index (χ4n) is 4.57. The Labute approximate surface area is 196 Å². The molecule has 1 fully saturated rings. The lowest BCUT2D eigenvalue weighted by molar-refractivity contribution is -0.286. The van der Waals surface area contributed by atoms with Gasteiger partial charge < -0.3 is 14.5 Å². The van der Waals surface area contributed by atoms with Gasteiger partial charge in [-0.25, -0.2) is 13.5 Å². The molecule has 0 bridgehead atoms. The van der Waals surface area contributed by atoms with Gasteiger partial charge in [0.25, 0.3) is 0 Å². The van der Waals surface area contributed by atoms with E-state index in [1.54, 1.807) is 30.8 Å². The molecule has 1 aromatic carbocycles. The molecule has 1 atom stereocenters. The Balaban J connectivity index is 1.29. The molecule has 4 aromatic rings. The predicted molar refractivity (Wildman–Crippen MR) is 123 cm³/mol. The van der Waals surface area contributed by atoms with Crippen LogP contribution in [0.4, 0.5) is 8.78 Å². The molecule has 0 radical (unpaired) electrons. The molecule has 6 rings (SSSR count). The number of benzene rings is 1. The van der Waals surface area contributed by atoms with Gasteiger partial charge in [-0.15, -0.1) is 8.78 Å². The molecule has 34 heavy (non-hydrogen) atoms. The van der Waals surface area contributed by atoms with E-state index in [-0.39, 0.29) is 17.5 Å². The Hall–Kier alpha value is -3.31. The largest absolute Gasteiger partial charge is 0.586 e. The number of hydrogen-bond donors (Lipinski definition) is 1. The summed E-state index contributed by atoms with van der Waals surface area (Å²) in [5.41, 5.74) is 4.06. The van der Waals surface area contributed by atoms with Crippen LogP contribution in [0.15, 0.2) is 49.1 Å². The van der Waals surface area contributed by atoms with Crippen LogP contribution in [0.3, 0.4) is 0 Å². The first kappa shape index (κ1) is 21.2. The SMILES string of the molecule is CS(=O)N1CCC(n2cc(-c3cnc4[nH]cc(-c5ccc6c(c5)OC(F)(F)O6)c4c3)cn2)CC1. The Morgan fingerprint density at radius 1 is 1.09 bits per heavy atom. The topological polar surface area (TPSA) is 85.3 Å². The highest BCUT2D eigenvalue weighted by atomic mass is 32.2. The van der Waals surface area contributed by atoms with E-state index in [0.29, 0.717) is 11.2 Å². The molecular formula is C23H21F2N5O3S. The minimum absolute atomic E-state index is 0.000180. The molecule has 0 spiro atoms. The lowest BCUT2D eigenvalue weighted by atomic mass is 10.0. The molecule has 1 saturated heterocycles. The zero-order valence-electron chi connectivity index (χ0n) is 18.2. The van der Waals surface area contributed by atoms with E-state index < -0.39 is 17.3 Å². The standard InChI is InChI=1S/C23H21F2N5O3S/c1-34(31)29-6-4-17(5-7-29)30-13-16(11-28-30)15-8-18-19(12-27-22(18)26-10-15)14-2-3-20-21(9-14)33-23(24,25)32-20/h2-3,8-13,17H,4-7H2,1H3,(H,26,27). The Morgan fingerprint density at radius 3 is 2.68 bits per heavy atom. The number of nitrogens with one attached hydrogen (secondary N) is 1. The maximum atomic E-state index is 13.4. The number of aromatic nitrogens is 4.